The fraction of sp³-hybridized carbons (Fsp3) is 0.471. The molecular formula is C17H21N3O. The van der Waals surface area contributed by atoms with Gasteiger partial charge in [-0.3, -0.25) is 9.36 Å². The Labute approximate surface area is 125 Å². The van der Waals surface area contributed by atoms with E-state index < -0.39 is 5.54 Å². The van der Waals surface area contributed by atoms with Crippen LogP contribution < -0.4 is 5.56 Å². The van der Waals surface area contributed by atoms with Gasteiger partial charge in [0.15, 0.2) is 0 Å². The van der Waals surface area contributed by atoms with Crippen molar-refractivity contribution in [2.24, 2.45) is 0 Å². The van der Waals surface area contributed by atoms with Crippen LogP contribution in [0.1, 0.15) is 52.9 Å². The van der Waals surface area contributed by atoms with Crippen molar-refractivity contribution in [2.45, 2.75) is 52.5 Å². The van der Waals surface area contributed by atoms with Gasteiger partial charge in [0, 0.05) is 11.0 Å². The molecule has 0 amide bonds. The topological polar surface area (TPSA) is 58.7 Å². The average Bonchev–Trinajstić information content (AvgIpc) is 2.34. The highest BCUT2D eigenvalue weighted by Crippen LogP contribution is 2.26. The number of rotatable bonds is 0. The van der Waals surface area contributed by atoms with E-state index in [4.69, 9.17) is 4.98 Å². The molecule has 1 aromatic heterocycles. The van der Waals surface area contributed by atoms with Gasteiger partial charge in [-0.25, -0.2) is 4.98 Å². The van der Waals surface area contributed by atoms with Gasteiger partial charge < -0.3 is 0 Å². The summed E-state index contributed by atoms with van der Waals surface area (Å²) in [5.41, 5.74) is 0.162. The number of fused-ring (bicyclic) bond motifs is 1. The lowest BCUT2D eigenvalue weighted by Gasteiger charge is -2.31. The van der Waals surface area contributed by atoms with Crippen LogP contribution in [-0.4, -0.2) is 9.55 Å². The molecule has 4 heteroatoms. The Balaban J connectivity index is 3.08. The Kier molecular flexibility index (Phi) is 3.41. The van der Waals surface area contributed by atoms with Gasteiger partial charge in [-0.15, -0.1) is 0 Å². The molecule has 4 nitrogen and oxygen atoms in total. The smallest absolute Gasteiger partial charge is 0.263 e. The first-order valence-corrected chi connectivity index (χ1v) is 7.04. The summed E-state index contributed by atoms with van der Waals surface area (Å²) in [6.45, 7) is 12.1. The summed E-state index contributed by atoms with van der Waals surface area (Å²) in [7, 11) is 0. The zero-order valence-electron chi connectivity index (χ0n) is 13.5. The molecule has 0 saturated carbocycles. The molecule has 0 N–H and O–H groups in total. The molecule has 0 radical (unpaired) electrons. The molecule has 0 fully saturated rings. The molecule has 0 atom stereocenters. The van der Waals surface area contributed by atoms with Crippen molar-refractivity contribution in [3.63, 3.8) is 0 Å². The monoisotopic (exact) mass is 283 g/mol. The largest absolute Gasteiger partial charge is 0.290 e. The SMILES string of the molecule is CC(C)(C)c1nc2cccc(C#N)c2c(=O)n1C(C)(C)C. The van der Waals surface area contributed by atoms with Crippen LogP contribution in [0.4, 0.5) is 0 Å². The predicted octanol–water partition coefficient (Wildman–Crippen LogP) is 3.32. The molecule has 0 aliphatic heterocycles. The molecule has 110 valence electrons. The zero-order valence-corrected chi connectivity index (χ0v) is 13.5. The lowest BCUT2D eigenvalue weighted by atomic mass is 9.92. The summed E-state index contributed by atoms with van der Waals surface area (Å²) in [4.78, 5) is 17.7. The van der Waals surface area contributed by atoms with Crippen molar-refractivity contribution in [1.82, 2.24) is 9.55 Å². The van der Waals surface area contributed by atoms with Crippen LogP contribution in [0.15, 0.2) is 23.0 Å². The number of nitrogens with zero attached hydrogens (tertiary/aromatic N) is 3. The van der Waals surface area contributed by atoms with Gasteiger partial charge in [-0.1, -0.05) is 26.8 Å². The molecule has 1 aromatic carbocycles. The van der Waals surface area contributed by atoms with E-state index in [0.717, 1.165) is 5.82 Å². The summed E-state index contributed by atoms with van der Waals surface area (Å²) in [6, 6.07) is 7.31. The first-order chi connectivity index (χ1) is 9.57. The minimum absolute atomic E-state index is 0.144. The van der Waals surface area contributed by atoms with Crippen LogP contribution in [0.25, 0.3) is 10.9 Å². The van der Waals surface area contributed by atoms with E-state index in [9.17, 15) is 10.1 Å². The van der Waals surface area contributed by atoms with Gasteiger partial charge >= 0.3 is 0 Å². The summed E-state index contributed by atoms with van der Waals surface area (Å²) in [5, 5.41) is 9.66. The first-order valence-electron chi connectivity index (χ1n) is 7.04. The second-order valence-corrected chi connectivity index (χ2v) is 7.31. The second-order valence-electron chi connectivity index (χ2n) is 7.31. The van der Waals surface area contributed by atoms with Crippen LogP contribution in [0.3, 0.4) is 0 Å². The van der Waals surface area contributed by atoms with E-state index in [-0.39, 0.29) is 11.0 Å². The average molecular weight is 283 g/mol. The van der Waals surface area contributed by atoms with Crippen LogP contribution in [-0.2, 0) is 11.0 Å². The van der Waals surface area contributed by atoms with Crippen molar-refractivity contribution in [3.8, 4) is 6.07 Å². The summed E-state index contributed by atoms with van der Waals surface area (Å²) in [6.07, 6.45) is 0. The van der Waals surface area contributed by atoms with Gasteiger partial charge in [-0.2, -0.15) is 5.26 Å². The molecule has 1 heterocycles. The third kappa shape index (κ3) is 2.56. The minimum atomic E-state index is -0.399. The highest BCUT2D eigenvalue weighted by molar-refractivity contribution is 5.83. The molecule has 0 saturated heterocycles. The van der Waals surface area contributed by atoms with Gasteiger partial charge in [0.1, 0.15) is 11.9 Å². The van der Waals surface area contributed by atoms with Gasteiger partial charge in [0.2, 0.25) is 0 Å². The lowest BCUT2D eigenvalue weighted by molar-refractivity contribution is 0.338. The Morgan fingerprint density at radius 1 is 1.14 bits per heavy atom. The van der Waals surface area contributed by atoms with Crippen molar-refractivity contribution >= 4 is 10.9 Å². The predicted molar refractivity (Wildman–Crippen MR) is 84.4 cm³/mol. The molecule has 0 aliphatic rings. The number of hydrogen-bond donors (Lipinski definition) is 0. The first kappa shape index (κ1) is 15.2. The van der Waals surface area contributed by atoms with Crippen molar-refractivity contribution in [1.29, 1.82) is 5.26 Å². The molecular weight excluding hydrogens is 262 g/mol. The number of nitriles is 1. The van der Waals surface area contributed by atoms with Crippen LogP contribution in [0, 0.1) is 11.3 Å². The van der Waals surface area contributed by atoms with Crippen molar-refractivity contribution in [3.05, 3.63) is 39.9 Å². The maximum absolute atomic E-state index is 13.0. The number of benzene rings is 1. The lowest BCUT2D eigenvalue weighted by Crippen LogP contribution is -2.41. The van der Waals surface area contributed by atoms with Gasteiger partial charge in [0.05, 0.1) is 16.5 Å². The third-order valence-electron chi connectivity index (χ3n) is 3.36. The van der Waals surface area contributed by atoms with Crippen molar-refractivity contribution in [2.75, 3.05) is 0 Å². The summed E-state index contributed by atoms with van der Waals surface area (Å²) >= 11 is 0. The van der Waals surface area contributed by atoms with Gasteiger partial charge in [-0.05, 0) is 32.9 Å². The molecule has 0 unspecified atom stereocenters. The van der Waals surface area contributed by atoms with Gasteiger partial charge in [0.25, 0.3) is 5.56 Å². The van der Waals surface area contributed by atoms with E-state index in [1.54, 1.807) is 22.8 Å². The number of hydrogen-bond acceptors (Lipinski definition) is 3. The van der Waals surface area contributed by atoms with E-state index in [1.165, 1.54) is 0 Å². The van der Waals surface area contributed by atoms with E-state index in [0.29, 0.717) is 16.5 Å². The Morgan fingerprint density at radius 2 is 1.76 bits per heavy atom. The Bertz CT molecular complexity index is 796. The second kappa shape index (κ2) is 4.70. The molecule has 21 heavy (non-hydrogen) atoms. The maximum Gasteiger partial charge on any atom is 0.263 e. The van der Waals surface area contributed by atoms with E-state index in [1.807, 2.05) is 41.5 Å². The molecule has 0 bridgehead atoms. The Hall–Kier alpha value is -2.15. The van der Waals surface area contributed by atoms with Crippen LogP contribution in [0.5, 0.6) is 0 Å². The van der Waals surface area contributed by atoms with Crippen LogP contribution in [0.2, 0.25) is 0 Å². The van der Waals surface area contributed by atoms with E-state index in [2.05, 4.69) is 6.07 Å². The fourth-order valence-corrected chi connectivity index (χ4v) is 2.45. The standard InChI is InChI=1S/C17H21N3O/c1-16(2,3)15-19-12-9-7-8-11(10-18)13(12)14(21)20(15)17(4,5)6/h7-9H,1-6H3. The highest BCUT2D eigenvalue weighted by Gasteiger charge is 2.28. The normalized spacial score (nSPS) is 12.4. The molecule has 0 aliphatic carbocycles. The molecule has 2 rings (SSSR count). The molecule has 2 aromatic rings. The Morgan fingerprint density at radius 3 is 2.24 bits per heavy atom. The van der Waals surface area contributed by atoms with E-state index >= 15 is 0 Å². The minimum Gasteiger partial charge on any atom is -0.290 e. The zero-order chi connectivity index (χ0) is 16.0. The van der Waals surface area contributed by atoms with Crippen molar-refractivity contribution < 1.29 is 0 Å². The van der Waals surface area contributed by atoms with Crippen LogP contribution >= 0.6 is 0 Å². The third-order valence-corrected chi connectivity index (χ3v) is 3.36. The highest BCUT2D eigenvalue weighted by atomic mass is 16.1. The quantitative estimate of drug-likeness (QED) is 0.745. The summed E-state index contributed by atoms with van der Waals surface area (Å²) in [5.74, 6) is 0.739. The summed E-state index contributed by atoms with van der Waals surface area (Å²) < 4.78 is 1.72. The number of aromatic nitrogens is 2. The molecule has 0 spiro atoms. The fourth-order valence-electron chi connectivity index (χ4n) is 2.45. The maximum atomic E-state index is 13.0.